The van der Waals surface area contributed by atoms with E-state index in [1.54, 1.807) is 19.9 Å². The molecule has 0 atom stereocenters. The van der Waals surface area contributed by atoms with Crippen molar-refractivity contribution in [3.8, 4) is 0 Å². The molecule has 0 aromatic rings. The van der Waals surface area contributed by atoms with Crippen molar-refractivity contribution < 1.29 is 13.2 Å². The molecule has 0 spiro atoms. The molecule has 0 aliphatic carbocycles. The normalized spacial score (nSPS) is 14.9. The van der Waals surface area contributed by atoms with Gasteiger partial charge in [0, 0.05) is 0 Å². The van der Waals surface area contributed by atoms with E-state index in [4.69, 9.17) is 0 Å². The number of allylic oxidation sites excluding steroid dienone is 6. The second-order valence-corrected chi connectivity index (χ2v) is 2.15. The third-order valence-electron chi connectivity index (χ3n) is 1.14. The van der Waals surface area contributed by atoms with Crippen LogP contribution in [0, 0.1) is 0 Å². The van der Waals surface area contributed by atoms with Gasteiger partial charge in [-0.25, -0.2) is 0 Å². The first-order valence-electron chi connectivity index (χ1n) is 3.55. The Bertz CT molecular complexity index is 206. The Morgan fingerprint density at radius 3 is 2.00 bits per heavy atom. The predicted octanol–water partition coefficient (Wildman–Crippen LogP) is 3.63. The van der Waals surface area contributed by atoms with Gasteiger partial charge in [0.2, 0.25) is 0 Å². The molecule has 0 N–H and O–H groups in total. The van der Waals surface area contributed by atoms with E-state index in [0.717, 1.165) is 12.2 Å². The lowest BCUT2D eigenvalue weighted by Crippen LogP contribution is -2.09. The standard InChI is InChI=1S/C9H11F3/c1-3-5-7-8(6-4-2)9(10,11)12/h3-7H,1-2H3/b5-3-,6-4?,8-7+. The topological polar surface area (TPSA) is 0 Å². The van der Waals surface area contributed by atoms with Gasteiger partial charge in [-0.3, -0.25) is 0 Å². The van der Waals surface area contributed by atoms with Gasteiger partial charge >= 0.3 is 6.18 Å². The molecule has 0 nitrogen and oxygen atoms in total. The van der Waals surface area contributed by atoms with Crippen LogP contribution >= 0.6 is 0 Å². The summed E-state index contributed by atoms with van der Waals surface area (Å²) in [6, 6.07) is 0. The van der Waals surface area contributed by atoms with Crippen molar-refractivity contribution in [3.05, 3.63) is 36.0 Å². The molecule has 0 aliphatic rings. The van der Waals surface area contributed by atoms with Crippen LogP contribution in [0.5, 0.6) is 0 Å². The molecule has 0 unspecified atom stereocenters. The zero-order valence-corrected chi connectivity index (χ0v) is 7.02. The fraction of sp³-hybridized carbons (Fsp3) is 0.333. The third kappa shape index (κ3) is 4.01. The summed E-state index contributed by atoms with van der Waals surface area (Å²) in [4.78, 5) is 0. The third-order valence-corrected chi connectivity index (χ3v) is 1.14. The van der Waals surface area contributed by atoms with Crippen molar-refractivity contribution in [2.24, 2.45) is 0 Å². The Labute approximate surface area is 70.1 Å². The number of alkyl halides is 3. The summed E-state index contributed by atoms with van der Waals surface area (Å²) >= 11 is 0. The van der Waals surface area contributed by atoms with Gasteiger partial charge in [0.25, 0.3) is 0 Å². The lowest BCUT2D eigenvalue weighted by molar-refractivity contribution is -0.0881. The van der Waals surface area contributed by atoms with Gasteiger partial charge in [-0.1, -0.05) is 30.4 Å². The van der Waals surface area contributed by atoms with Crippen molar-refractivity contribution >= 4 is 0 Å². The van der Waals surface area contributed by atoms with Gasteiger partial charge in [-0.15, -0.1) is 0 Å². The van der Waals surface area contributed by atoms with E-state index < -0.39 is 11.7 Å². The molecule has 0 rings (SSSR count). The van der Waals surface area contributed by atoms with E-state index in [2.05, 4.69) is 0 Å². The second kappa shape index (κ2) is 4.80. The average Bonchev–Trinajstić information content (AvgIpc) is 1.95. The maximum Gasteiger partial charge on any atom is 0.416 e. The maximum atomic E-state index is 12.1. The van der Waals surface area contributed by atoms with Crippen LogP contribution in [-0.4, -0.2) is 6.18 Å². The number of halogens is 3. The predicted molar refractivity (Wildman–Crippen MR) is 43.8 cm³/mol. The van der Waals surface area contributed by atoms with Gasteiger partial charge in [0.05, 0.1) is 5.57 Å². The summed E-state index contributed by atoms with van der Waals surface area (Å²) < 4.78 is 36.2. The quantitative estimate of drug-likeness (QED) is 0.563. The molecule has 0 aromatic carbocycles. The van der Waals surface area contributed by atoms with Crippen LogP contribution in [0.3, 0.4) is 0 Å². The zero-order valence-electron chi connectivity index (χ0n) is 7.02. The Kier molecular flexibility index (Phi) is 4.40. The first-order valence-corrected chi connectivity index (χ1v) is 3.55. The summed E-state index contributed by atoms with van der Waals surface area (Å²) in [6.45, 7) is 3.22. The van der Waals surface area contributed by atoms with Gasteiger partial charge in [-0.05, 0) is 13.8 Å². The largest absolute Gasteiger partial charge is 0.416 e. The minimum Gasteiger partial charge on any atom is -0.166 e. The molecule has 0 fully saturated rings. The first-order chi connectivity index (χ1) is 5.52. The lowest BCUT2D eigenvalue weighted by Gasteiger charge is -2.05. The molecule has 12 heavy (non-hydrogen) atoms. The first kappa shape index (κ1) is 11.0. The van der Waals surface area contributed by atoms with Gasteiger partial charge in [0.15, 0.2) is 0 Å². The summed E-state index contributed by atoms with van der Waals surface area (Å²) in [7, 11) is 0. The van der Waals surface area contributed by atoms with Crippen molar-refractivity contribution in [1.29, 1.82) is 0 Å². The molecule has 68 valence electrons. The van der Waals surface area contributed by atoms with Crippen LogP contribution in [0.1, 0.15) is 13.8 Å². The molecule has 0 amide bonds. The maximum absolute atomic E-state index is 12.1. The molecular weight excluding hydrogens is 165 g/mol. The van der Waals surface area contributed by atoms with Crippen LogP contribution in [0.15, 0.2) is 36.0 Å². The van der Waals surface area contributed by atoms with Crippen LogP contribution in [0.4, 0.5) is 13.2 Å². The van der Waals surface area contributed by atoms with Crippen LogP contribution < -0.4 is 0 Å². The monoisotopic (exact) mass is 176 g/mol. The molecule has 0 saturated heterocycles. The van der Waals surface area contributed by atoms with E-state index in [1.807, 2.05) is 0 Å². The van der Waals surface area contributed by atoms with Crippen molar-refractivity contribution in [3.63, 3.8) is 0 Å². The summed E-state index contributed by atoms with van der Waals surface area (Å²) in [5.74, 6) is 0. The Morgan fingerprint density at radius 2 is 1.67 bits per heavy atom. The molecule has 0 bridgehead atoms. The minimum absolute atomic E-state index is 0.636. The van der Waals surface area contributed by atoms with E-state index >= 15 is 0 Å². The van der Waals surface area contributed by atoms with E-state index in [0.29, 0.717) is 0 Å². The van der Waals surface area contributed by atoms with Crippen LogP contribution in [-0.2, 0) is 0 Å². The number of hydrogen-bond donors (Lipinski definition) is 0. The van der Waals surface area contributed by atoms with E-state index in [9.17, 15) is 13.2 Å². The molecular formula is C9H11F3. The van der Waals surface area contributed by atoms with Crippen molar-refractivity contribution in [2.75, 3.05) is 0 Å². The Morgan fingerprint density at radius 1 is 1.08 bits per heavy atom. The fourth-order valence-electron chi connectivity index (χ4n) is 0.624. The fourth-order valence-corrected chi connectivity index (χ4v) is 0.624. The molecule has 0 radical (unpaired) electrons. The minimum atomic E-state index is -4.26. The molecule has 0 saturated carbocycles. The Balaban J connectivity index is 4.67. The Hall–Kier alpha value is -0.990. The van der Waals surface area contributed by atoms with Crippen LogP contribution in [0.25, 0.3) is 0 Å². The van der Waals surface area contributed by atoms with Gasteiger partial charge < -0.3 is 0 Å². The van der Waals surface area contributed by atoms with E-state index in [-0.39, 0.29) is 0 Å². The molecule has 0 aliphatic heterocycles. The molecule has 0 heterocycles. The highest BCUT2D eigenvalue weighted by Gasteiger charge is 2.30. The highest BCUT2D eigenvalue weighted by Crippen LogP contribution is 2.26. The summed E-state index contributed by atoms with van der Waals surface area (Å²) in [5.41, 5.74) is -0.636. The zero-order chi connectivity index (χ0) is 9.61. The lowest BCUT2D eigenvalue weighted by atomic mass is 10.2. The van der Waals surface area contributed by atoms with E-state index in [1.165, 1.54) is 12.2 Å². The average molecular weight is 176 g/mol. The smallest absolute Gasteiger partial charge is 0.166 e. The molecule has 0 aromatic heterocycles. The van der Waals surface area contributed by atoms with Crippen LogP contribution in [0.2, 0.25) is 0 Å². The van der Waals surface area contributed by atoms with Gasteiger partial charge in [0.1, 0.15) is 0 Å². The van der Waals surface area contributed by atoms with Gasteiger partial charge in [-0.2, -0.15) is 13.2 Å². The number of rotatable bonds is 2. The van der Waals surface area contributed by atoms with Crippen molar-refractivity contribution in [1.82, 2.24) is 0 Å². The summed E-state index contributed by atoms with van der Waals surface area (Å²) in [6.07, 6.45) is 2.10. The van der Waals surface area contributed by atoms with Crippen molar-refractivity contribution in [2.45, 2.75) is 20.0 Å². The number of hydrogen-bond acceptors (Lipinski definition) is 0. The molecule has 3 heteroatoms. The second-order valence-electron chi connectivity index (χ2n) is 2.15. The highest BCUT2D eigenvalue weighted by molar-refractivity contribution is 5.27. The SMILES string of the molecule is CC=C/C(=C\C=C/C)C(F)(F)F. The highest BCUT2D eigenvalue weighted by atomic mass is 19.4. The summed E-state index contributed by atoms with van der Waals surface area (Å²) in [5, 5.41) is 0.